The predicted octanol–water partition coefficient (Wildman–Crippen LogP) is 1.80. The lowest BCUT2D eigenvalue weighted by Gasteiger charge is -2.35. The standard InChI is InChI=1S/C10H21BrN2/c1-12(2)7-8-13-6-4-3-5-10(13)9-11/h10H,3-9H2,1-2H3. The summed E-state index contributed by atoms with van der Waals surface area (Å²) in [4.78, 5) is 4.89. The van der Waals surface area contributed by atoms with Crippen molar-refractivity contribution in [1.29, 1.82) is 0 Å². The average molecular weight is 249 g/mol. The third kappa shape index (κ3) is 3.96. The van der Waals surface area contributed by atoms with Crippen LogP contribution in [0.2, 0.25) is 0 Å². The zero-order valence-corrected chi connectivity index (χ0v) is 10.4. The van der Waals surface area contributed by atoms with Gasteiger partial charge in [0, 0.05) is 24.5 Å². The van der Waals surface area contributed by atoms with E-state index in [1.807, 2.05) is 0 Å². The predicted molar refractivity (Wildman–Crippen MR) is 61.6 cm³/mol. The highest BCUT2D eigenvalue weighted by Crippen LogP contribution is 2.17. The van der Waals surface area contributed by atoms with Crippen LogP contribution in [0.15, 0.2) is 0 Å². The van der Waals surface area contributed by atoms with E-state index in [0.29, 0.717) is 0 Å². The molecule has 0 aromatic carbocycles. The molecule has 13 heavy (non-hydrogen) atoms. The van der Waals surface area contributed by atoms with Gasteiger partial charge in [-0.2, -0.15) is 0 Å². The van der Waals surface area contributed by atoms with Crippen molar-refractivity contribution in [1.82, 2.24) is 9.80 Å². The second-order valence-corrected chi connectivity index (χ2v) is 4.79. The van der Waals surface area contributed by atoms with Crippen LogP contribution in [-0.2, 0) is 0 Å². The Bertz CT molecular complexity index is 139. The van der Waals surface area contributed by atoms with Crippen LogP contribution >= 0.6 is 15.9 Å². The van der Waals surface area contributed by atoms with E-state index in [0.717, 1.165) is 11.4 Å². The molecule has 0 bridgehead atoms. The number of likely N-dealkylation sites (N-methyl/N-ethyl adjacent to an activating group) is 1. The topological polar surface area (TPSA) is 6.48 Å². The molecule has 0 aromatic heterocycles. The van der Waals surface area contributed by atoms with Crippen molar-refractivity contribution < 1.29 is 0 Å². The van der Waals surface area contributed by atoms with Crippen molar-refractivity contribution >= 4 is 15.9 Å². The van der Waals surface area contributed by atoms with Crippen LogP contribution in [-0.4, -0.2) is 54.9 Å². The molecule has 0 amide bonds. The summed E-state index contributed by atoms with van der Waals surface area (Å²) in [5, 5.41) is 1.14. The highest BCUT2D eigenvalue weighted by Gasteiger charge is 2.20. The van der Waals surface area contributed by atoms with Crippen molar-refractivity contribution in [2.45, 2.75) is 25.3 Å². The zero-order valence-electron chi connectivity index (χ0n) is 8.80. The molecule has 2 nitrogen and oxygen atoms in total. The molecule has 1 aliphatic heterocycles. The maximum Gasteiger partial charge on any atom is 0.0193 e. The van der Waals surface area contributed by atoms with Gasteiger partial charge in [0.15, 0.2) is 0 Å². The molecule has 1 rings (SSSR count). The van der Waals surface area contributed by atoms with Crippen LogP contribution in [0.3, 0.4) is 0 Å². The van der Waals surface area contributed by atoms with Gasteiger partial charge in [0.05, 0.1) is 0 Å². The van der Waals surface area contributed by atoms with Crippen molar-refractivity contribution in [2.75, 3.05) is 39.1 Å². The largest absolute Gasteiger partial charge is 0.308 e. The molecular weight excluding hydrogens is 228 g/mol. The van der Waals surface area contributed by atoms with Crippen LogP contribution in [0.5, 0.6) is 0 Å². The van der Waals surface area contributed by atoms with Gasteiger partial charge in [0.1, 0.15) is 0 Å². The highest BCUT2D eigenvalue weighted by molar-refractivity contribution is 9.09. The van der Waals surface area contributed by atoms with Crippen LogP contribution in [0.4, 0.5) is 0 Å². The number of alkyl halides is 1. The molecule has 0 spiro atoms. The summed E-state index contributed by atoms with van der Waals surface area (Å²) < 4.78 is 0. The Morgan fingerprint density at radius 2 is 2.15 bits per heavy atom. The molecule has 0 aliphatic carbocycles. The summed E-state index contributed by atoms with van der Waals surface area (Å²) >= 11 is 3.60. The number of halogens is 1. The summed E-state index contributed by atoms with van der Waals surface area (Å²) in [7, 11) is 4.29. The third-order valence-electron chi connectivity index (χ3n) is 2.76. The summed E-state index contributed by atoms with van der Waals surface area (Å²) in [5.74, 6) is 0. The molecule has 0 radical (unpaired) electrons. The lowest BCUT2D eigenvalue weighted by Crippen LogP contribution is -2.43. The summed E-state index contributed by atoms with van der Waals surface area (Å²) in [6, 6.07) is 0.786. The SMILES string of the molecule is CN(C)CCN1CCCCC1CBr. The molecule has 0 aromatic rings. The molecular formula is C10H21BrN2. The molecule has 0 N–H and O–H groups in total. The van der Waals surface area contributed by atoms with Gasteiger partial charge in [0.2, 0.25) is 0 Å². The molecule has 1 unspecified atom stereocenters. The van der Waals surface area contributed by atoms with Crippen LogP contribution in [0.25, 0.3) is 0 Å². The normalized spacial score (nSPS) is 25.4. The molecule has 1 atom stereocenters. The Hall–Kier alpha value is 0.400. The number of nitrogens with zero attached hydrogens (tertiary/aromatic N) is 2. The Labute approximate surface area is 90.4 Å². The van der Waals surface area contributed by atoms with Gasteiger partial charge in [-0.05, 0) is 33.5 Å². The summed E-state index contributed by atoms with van der Waals surface area (Å²) in [6.07, 6.45) is 4.17. The molecule has 78 valence electrons. The van der Waals surface area contributed by atoms with Crippen LogP contribution < -0.4 is 0 Å². The number of likely N-dealkylation sites (tertiary alicyclic amines) is 1. The van der Waals surface area contributed by atoms with E-state index >= 15 is 0 Å². The molecule has 1 saturated heterocycles. The van der Waals surface area contributed by atoms with E-state index in [4.69, 9.17) is 0 Å². The van der Waals surface area contributed by atoms with Gasteiger partial charge in [-0.25, -0.2) is 0 Å². The Morgan fingerprint density at radius 1 is 1.38 bits per heavy atom. The Morgan fingerprint density at radius 3 is 2.77 bits per heavy atom. The molecule has 3 heteroatoms. The number of hydrogen-bond acceptors (Lipinski definition) is 2. The van der Waals surface area contributed by atoms with E-state index in [2.05, 4.69) is 39.8 Å². The fourth-order valence-electron chi connectivity index (χ4n) is 1.86. The minimum Gasteiger partial charge on any atom is -0.308 e. The monoisotopic (exact) mass is 248 g/mol. The Balaban J connectivity index is 2.27. The number of rotatable bonds is 4. The average Bonchev–Trinajstić information content (AvgIpc) is 2.15. The quantitative estimate of drug-likeness (QED) is 0.701. The Kier molecular flexibility index (Phi) is 5.29. The maximum absolute atomic E-state index is 3.60. The second-order valence-electron chi connectivity index (χ2n) is 4.14. The number of hydrogen-bond donors (Lipinski definition) is 0. The lowest BCUT2D eigenvalue weighted by atomic mass is 10.0. The summed E-state index contributed by atoms with van der Waals surface area (Å²) in [6.45, 7) is 3.71. The number of piperidine rings is 1. The molecule has 1 fully saturated rings. The zero-order chi connectivity index (χ0) is 9.68. The van der Waals surface area contributed by atoms with E-state index in [1.54, 1.807) is 0 Å². The lowest BCUT2D eigenvalue weighted by molar-refractivity contribution is 0.151. The van der Waals surface area contributed by atoms with E-state index in [9.17, 15) is 0 Å². The van der Waals surface area contributed by atoms with E-state index in [-0.39, 0.29) is 0 Å². The fourth-order valence-corrected chi connectivity index (χ4v) is 2.59. The van der Waals surface area contributed by atoms with Gasteiger partial charge in [-0.15, -0.1) is 0 Å². The van der Waals surface area contributed by atoms with Crippen molar-refractivity contribution in [3.8, 4) is 0 Å². The van der Waals surface area contributed by atoms with Crippen molar-refractivity contribution in [3.63, 3.8) is 0 Å². The minimum atomic E-state index is 0.786. The molecule has 1 aliphatic rings. The first-order valence-electron chi connectivity index (χ1n) is 5.19. The van der Waals surface area contributed by atoms with Gasteiger partial charge >= 0.3 is 0 Å². The van der Waals surface area contributed by atoms with Crippen LogP contribution in [0.1, 0.15) is 19.3 Å². The van der Waals surface area contributed by atoms with Gasteiger partial charge in [-0.3, -0.25) is 4.90 Å². The fraction of sp³-hybridized carbons (Fsp3) is 1.00. The first kappa shape index (κ1) is 11.5. The third-order valence-corrected chi connectivity index (χ3v) is 3.51. The second kappa shape index (κ2) is 5.99. The maximum atomic E-state index is 3.60. The first-order valence-corrected chi connectivity index (χ1v) is 6.31. The van der Waals surface area contributed by atoms with Gasteiger partial charge in [-0.1, -0.05) is 22.4 Å². The van der Waals surface area contributed by atoms with E-state index in [1.165, 1.54) is 38.9 Å². The smallest absolute Gasteiger partial charge is 0.0193 e. The molecule has 1 heterocycles. The van der Waals surface area contributed by atoms with Gasteiger partial charge < -0.3 is 4.90 Å². The van der Waals surface area contributed by atoms with E-state index < -0.39 is 0 Å². The van der Waals surface area contributed by atoms with Gasteiger partial charge in [0.25, 0.3) is 0 Å². The highest BCUT2D eigenvalue weighted by atomic mass is 79.9. The molecule has 0 saturated carbocycles. The van der Waals surface area contributed by atoms with Crippen molar-refractivity contribution in [3.05, 3.63) is 0 Å². The first-order chi connectivity index (χ1) is 6.24. The van der Waals surface area contributed by atoms with Crippen LogP contribution in [0, 0.1) is 0 Å². The van der Waals surface area contributed by atoms with Crippen molar-refractivity contribution in [2.24, 2.45) is 0 Å². The minimum absolute atomic E-state index is 0.786. The summed E-state index contributed by atoms with van der Waals surface area (Å²) in [5.41, 5.74) is 0.